The van der Waals surface area contributed by atoms with Crippen molar-refractivity contribution in [1.29, 1.82) is 0 Å². The summed E-state index contributed by atoms with van der Waals surface area (Å²) < 4.78 is 10.2. The van der Waals surface area contributed by atoms with Gasteiger partial charge in [0.15, 0.2) is 6.61 Å². The van der Waals surface area contributed by atoms with Crippen LogP contribution in [0.5, 0.6) is 5.75 Å². The summed E-state index contributed by atoms with van der Waals surface area (Å²) >= 11 is 1.44. The maximum absolute atomic E-state index is 12.3. The first-order valence-corrected chi connectivity index (χ1v) is 10.2. The largest absolute Gasteiger partial charge is 0.496 e. The Morgan fingerprint density at radius 3 is 2.61 bits per heavy atom. The molecule has 1 heterocycles. The van der Waals surface area contributed by atoms with E-state index in [2.05, 4.69) is 5.32 Å². The third-order valence-electron chi connectivity index (χ3n) is 4.64. The zero-order valence-electron chi connectivity index (χ0n) is 15.8. The van der Waals surface area contributed by atoms with E-state index in [1.54, 1.807) is 24.3 Å². The van der Waals surface area contributed by atoms with Gasteiger partial charge in [-0.1, -0.05) is 25.0 Å². The Hall–Kier alpha value is -2.67. The predicted molar refractivity (Wildman–Crippen MR) is 106 cm³/mol. The lowest BCUT2D eigenvalue weighted by molar-refractivity contribution is -0.123. The van der Waals surface area contributed by atoms with E-state index in [-0.39, 0.29) is 5.56 Å². The van der Waals surface area contributed by atoms with Crippen molar-refractivity contribution in [3.05, 3.63) is 51.2 Å². The molecule has 1 aromatic heterocycles. The molecule has 3 rings (SSSR count). The van der Waals surface area contributed by atoms with Crippen molar-refractivity contribution >= 4 is 29.1 Å². The number of carbonyl (C=O) groups is 3. The molecular formula is C21H23NO5S. The van der Waals surface area contributed by atoms with Crippen LogP contribution in [0.25, 0.3) is 0 Å². The number of aryl methyl sites for hydroxylation is 2. The first-order valence-electron chi connectivity index (χ1n) is 9.34. The fourth-order valence-electron chi connectivity index (χ4n) is 3.21. The molecule has 0 aliphatic heterocycles. The third-order valence-corrected chi connectivity index (χ3v) is 5.85. The number of hydrogen-bond acceptors (Lipinski definition) is 6. The lowest BCUT2D eigenvalue weighted by Gasteiger charge is -2.08. The molecule has 1 aliphatic carbocycles. The van der Waals surface area contributed by atoms with Gasteiger partial charge in [0.05, 0.1) is 12.7 Å². The SMILES string of the molecule is COc1ccccc1C(=O)NC(=O)COC(=O)c1cc2c(s1)CCCCCC2. The number of hydrogen-bond donors (Lipinski definition) is 1. The molecule has 0 atom stereocenters. The van der Waals surface area contributed by atoms with E-state index < -0.39 is 24.4 Å². The summed E-state index contributed by atoms with van der Waals surface area (Å²) in [5, 5.41) is 2.21. The fraction of sp³-hybridized carbons (Fsp3) is 0.381. The number of methoxy groups -OCH3 is 1. The van der Waals surface area contributed by atoms with Crippen LogP contribution in [0.15, 0.2) is 30.3 Å². The monoisotopic (exact) mass is 401 g/mol. The molecule has 0 fully saturated rings. The van der Waals surface area contributed by atoms with Crippen molar-refractivity contribution in [3.8, 4) is 5.75 Å². The molecule has 6 nitrogen and oxygen atoms in total. The number of rotatable bonds is 5. The molecule has 0 saturated carbocycles. The summed E-state index contributed by atoms with van der Waals surface area (Å²) in [6, 6.07) is 8.46. The van der Waals surface area contributed by atoms with Crippen molar-refractivity contribution < 1.29 is 23.9 Å². The highest BCUT2D eigenvalue weighted by molar-refractivity contribution is 7.14. The number of para-hydroxylation sites is 1. The second-order valence-electron chi connectivity index (χ2n) is 6.63. The average Bonchev–Trinajstić information content (AvgIpc) is 3.08. The van der Waals surface area contributed by atoms with E-state index in [4.69, 9.17) is 9.47 Å². The van der Waals surface area contributed by atoms with Gasteiger partial charge in [0.1, 0.15) is 10.6 Å². The summed E-state index contributed by atoms with van der Waals surface area (Å²) in [6.07, 6.45) is 6.67. The van der Waals surface area contributed by atoms with Gasteiger partial charge in [-0.3, -0.25) is 14.9 Å². The van der Waals surface area contributed by atoms with E-state index >= 15 is 0 Å². The first-order chi connectivity index (χ1) is 13.6. The van der Waals surface area contributed by atoms with Crippen LogP contribution in [0.4, 0.5) is 0 Å². The van der Waals surface area contributed by atoms with Gasteiger partial charge < -0.3 is 9.47 Å². The smallest absolute Gasteiger partial charge is 0.348 e. The maximum atomic E-state index is 12.3. The van der Waals surface area contributed by atoms with Gasteiger partial charge in [-0.15, -0.1) is 11.3 Å². The number of fused-ring (bicyclic) bond motifs is 1. The molecule has 28 heavy (non-hydrogen) atoms. The molecule has 7 heteroatoms. The molecule has 2 aromatic rings. The van der Waals surface area contributed by atoms with Crippen LogP contribution in [0.1, 0.15) is 56.2 Å². The number of ether oxygens (including phenoxy) is 2. The standard InChI is InChI=1S/C21H23NO5S/c1-26-16-10-7-6-9-15(16)20(24)22-19(23)13-27-21(25)18-12-14-8-4-2-3-5-11-17(14)28-18/h6-7,9-10,12H,2-5,8,11,13H2,1H3,(H,22,23,24). The highest BCUT2D eigenvalue weighted by Crippen LogP contribution is 2.28. The topological polar surface area (TPSA) is 81.7 Å². The molecule has 0 bridgehead atoms. The van der Waals surface area contributed by atoms with Crippen LogP contribution in [0.2, 0.25) is 0 Å². The van der Waals surface area contributed by atoms with Crippen molar-refractivity contribution in [2.24, 2.45) is 0 Å². The van der Waals surface area contributed by atoms with Crippen LogP contribution in [-0.4, -0.2) is 31.5 Å². The van der Waals surface area contributed by atoms with Gasteiger partial charge in [0.25, 0.3) is 11.8 Å². The summed E-state index contributed by atoms with van der Waals surface area (Å²) in [5.74, 6) is -1.45. The van der Waals surface area contributed by atoms with E-state index in [0.717, 1.165) is 25.7 Å². The molecule has 0 saturated heterocycles. The summed E-state index contributed by atoms with van der Waals surface area (Å²) in [4.78, 5) is 38.2. The van der Waals surface area contributed by atoms with Gasteiger partial charge in [-0.2, -0.15) is 0 Å². The minimum atomic E-state index is -0.681. The zero-order valence-corrected chi connectivity index (χ0v) is 16.6. The zero-order chi connectivity index (χ0) is 19.9. The van der Waals surface area contributed by atoms with E-state index in [1.165, 1.54) is 41.7 Å². The molecule has 1 aliphatic rings. The molecule has 0 spiro atoms. The lowest BCUT2D eigenvalue weighted by Crippen LogP contribution is -2.34. The van der Waals surface area contributed by atoms with Crippen molar-refractivity contribution in [2.45, 2.75) is 38.5 Å². The fourth-order valence-corrected chi connectivity index (χ4v) is 4.36. The Balaban J connectivity index is 1.55. The number of thiophene rings is 1. The second kappa shape index (κ2) is 9.50. The number of benzene rings is 1. The minimum Gasteiger partial charge on any atom is -0.496 e. The molecule has 1 aromatic carbocycles. The van der Waals surface area contributed by atoms with Crippen molar-refractivity contribution in [2.75, 3.05) is 13.7 Å². The highest BCUT2D eigenvalue weighted by atomic mass is 32.1. The Labute approximate surface area is 167 Å². The first kappa shape index (κ1) is 20.1. The van der Waals surface area contributed by atoms with Crippen molar-refractivity contribution in [1.82, 2.24) is 5.32 Å². The summed E-state index contributed by atoms with van der Waals surface area (Å²) in [5.41, 5.74) is 1.45. The Morgan fingerprint density at radius 1 is 1.07 bits per heavy atom. The van der Waals surface area contributed by atoms with Gasteiger partial charge in [0.2, 0.25) is 0 Å². The summed E-state index contributed by atoms with van der Waals surface area (Å²) in [7, 11) is 1.44. The molecule has 0 unspecified atom stereocenters. The Bertz CT molecular complexity index is 848. The highest BCUT2D eigenvalue weighted by Gasteiger charge is 2.19. The van der Waals surface area contributed by atoms with Crippen LogP contribution >= 0.6 is 11.3 Å². The maximum Gasteiger partial charge on any atom is 0.348 e. The van der Waals surface area contributed by atoms with Gasteiger partial charge in [0, 0.05) is 4.88 Å². The van der Waals surface area contributed by atoms with E-state index in [9.17, 15) is 14.4 Å². The normalized spacial score (nSPS) is 13.6. The second-order valence-corrected chi connectivity index (χ2v) is 7.76. The molecule has 1 N–H and O–H groups in total. The van der Waals surface area contributed by atoms with E-state index in [1.807, 2.05) is 6.07 Å². The number of amides is 2. The van der Waals surface area contributed by atoms with Crippen LogP contribution in [-0.2, 0) is 22.4 Å². The van der Waals surface area contributed by atoms with Crippen molar-refractivity contribution in [3.63, 3.8) is 0 Å². The Morgan fingerprint density at radius 2 is 1.82 bits per heavy atom. The minimum absolute atomic E-state index is 0.239. The summed E-state index contributed by atoms with van der Waals surface area (Å²) in [6.45, 7) is -0.512. The quantitative estimate of drug-likeness (QED) is 0.775. The third kappa shape index (κ3) is 4.98. The van der Waals surface area contributed by atoms with Crippen LogP contribution in [0.3, 0.4) is 0 Å². The van der Waals surface area contributed by atoms with Gasteiger partial charge >= 0.3 is 5.97 Å². The number of nitrogens with one attached hydrogen (secondary N) is 1. The molecule has 148 valence electrons. The molecule has 2 amide bonds. The number of esters is 1. The van der Waals surface area contributed by atoms with Gasteiger partial charge in [-0.25, -0.2) is 4.79 Å². The molecular weight excluding hydrogens is 378 g/mol. The van der Waals surface area contributed by atoms with Gasteiger partial charge in [-0.05, 0) is 49.4 Å². The van der Waals surface area contributed by atoms with Crippen LogP contribution < -0.4 is 10.1 Å². The number of imide groups is 1. The molecule has 0 radical (unpaired) electrons. The number of carbonyl (C=O) groups excluding carboxylic acids is 3. The van der Waals surface area contributed by atoms with Crippen LogP contribution in [0, 0.1) is 0 Å². The lowest BCUT2D eigenvalue weighted by atomic mass is 10.00. The predicted octanol–water partition coefficient (Wildman–Crippen LogP) is 3.53. The Kier molecular flexibility index (Phi) is 6.81. The average molecular weight is 401 g/mol. The van der Waals surface area contributed by atoms with E-state index in [0.29, 0.717) is 10.6 Å².